The van der Waals surface area contributed by atoms with Crippen LogP contribution in [-0.4, -0.2) is 49.9 Å². The van der Waals surface area contributed by atoms with Gasteiger partial charge in [0, 0.05) is 25.7 Å². The number of nitrogens with one attached hydrogen (secondary N) is 1. The molecule has 2 fully saturated rings. The molecule has 3 aliphatic rings. The van der Waals surface area contributed by atoms with Crippen molar-refractivity contribution in [2.75, 3.05) is 24.6 Å². The second-order valence-electron chi connectivity index (χ2n) is 7.29. The summed E-state index contributed by atoms with van der Waals surface area (Å²) in [6.45, 7) is 2.47. The molecule has 24 heavy (non-hydrogen) atoms. The van der Waals surface area contributed by atoms with Crippen LogP contribution in [-0.2, 0) is 22.8 Å². The highest BCUT2D eigenvalue weighted by Gasteiger charge is 2.29. The van der Waals surface area contributed by atoms with Gasteiger partial charge in [-0.25, -0.2) is 8.42 Å². The molecule has 5 nitrogen and oxygen atoms in total. The number of rotatable bonds is 3. The molecule has 4 rings (SSSR count). The third-order valence-corrected chi connectivity index (χ3v) is 7.00. The van der Waals surface area contributed by atoms with Crippen LogP contribution in [0.4, 0.5) is 0 Å². The molecule has 1 atom stereocenters. The predicted octanol–water partition coefficient (Wildman–Crippen LogP) is 1.59. The van der Waals surface area contributed by atoms with Gasteiger partial charge < -0.3 is 10.2 Å². The molecule has 1 saturated carbocycles. The van der Waals surface area contributed by atoms with E-state index in [9.17, 15) is 8.42 Å². The molecule has 1 aromatic carbocycles. The van der Waals surface area contributed by atoms with E-state index >= 15 is 0 Å². The van der Waals surface area contributed by atoms with Gasteiger partial charge in [-0.2, -0.15) is 0 Å². The van der Waals surface area contributed by atoms with E-state index < -0.39 is 9.84 Å². The Morgan fingerprint density at radius 3 is 2.71 bits per heavy atom. The Hall–Kier alpha value is -1.56. The van der Waals surface area contributed by atoms with Crippen LogP contribution >= 0.6 is 0 Å². The summed E-state index contributed by atoms with van der Waals surface area (Å²) in [5, 5.41) is 3.56. The number of guanidine groups is 1. The zero-order valence-corrected chi connectivity index (χ0v) is 14.8. The second kappa shape index (κ2) is 6.39. The average Bonchev–Trinajstić information content (AvgIpc) is 3.33. The van der Waals surface area contributed by atoms with E-state index in [0.717, 1.165) is 31.9 Å². The van der Waals surface area contributed by atoms with Gasteiger partial charge in [0.15, 0.2) is 15.8 Å². The van der Waals surface area contributed by atoms with E-state index in [1.807, 2.05) is 0 Å². The van der Waals surface area contributed by atoms with E-state index in [2.05, 4.69) is 34.5 Å². The minimum absolute atomic E-state index is 0.183. The maximum Gasteiger partial charge on any atom is 0.194 e. The lowest BCUT2D eigenvalue weighted by Gasteiger charge is -2.32. The monoisotopic (exact) mass is 347 g/mol. The fourth-order valence-electron chi connectivity index (χ4n) is 3.56. The van der Waals surface area contributed by atoms with Crippen LogP contribution in [0.2, 0.25) is 0 Å². The van der Waals surface area contributed by atoms with Gasteiger partial charge in [0.25, 0.3) is 0 Å². The van der Waals surface area contributed by atoms with Gasteiger partial charge in [0.05, 0.1) is 11.5 Å². The Balaban J connectivity index is 1.46. The van der Waals surface area contributed by atoms with E-state index in [0.29, 0.717) is 24.1 Å². The third kappa shape index (κ3) is 3.74. The molecule has 1 N–H and O–H groups in total. The first-order chi connectivity index (χ1) is 11.6. The Bertz CT molecular complexity index is 740. The summed E-state index contributed by atoms with van der Waals surface area (Å²) in [4.78, 5) is 7.14. The van der Waals surface area contributed by atoms with E-state index in [1.165, 1.54) is 24.0 Å². The molecule has 0 spiro atoms. The first kappa shape index (κ1) is 15.9. The van der Waals surface area contributed by atoms with Gasteiger partial charge in [-0.15, -0.1) is 0 Å². The average molecular weight is 347 g/mol. The van der Waals surface area contributed by atoms with Crippen LogP contribution in [0.25, 0.3) is 0 Å². The van der Waals surface area contributed by atoms with Gasteiger partial charge in [-0.1, -0.05) is 24.3 Å². The quantitative estimate of drug-likeness (QED) is 0.666. The standard InChI is InChI=1S/C18H25N3O2S/c22-24(23)10-8-14(13-24)11-19-18(20-17-5-6-17)21-9-7-15-3-1-2-4-16(15)12-21/h1-4,14,17H,5-13H2,(H,19,20). The molecule has 2 aliphatic heterocycles. The summed E-state index contributed by atoms with van der Waals surface area (Å²) in [5.41, 5.74) is 2.80. The highest BCUT2D eigenvalue weighted by Crippen LogP contribution is 2.23. The molecule has 0 aromatic heterocycles. The molecule has 6 heteroatoms. The molecule has 0 amide bonds. The highest BCUT2D eigenvalue weighted by molar-refractivity contribution is 7.91. The van der Waals surface area contributed by atoms with Crippen molar-refractivity contribution in [2.45, 2.75) is 38.3 Å². The minimum atomic E-state index is -2.82. The Morgan fingerprint density at radius 2 is 2.00 bits per heavy atom. The molecule has 0 bridgehead atoms. The molecule has 1 aromatic rings. The van der Waals surface area contributed by atoms with Crippen LogP contribution in [0.5, 0.6) is 0 Å². The fraction of sp³-hybridized carbons (Fsp3) is 0.611. The summed E-state index contributed by atoms with van der Waals surface area (Å²) in [5.74, 6) is 1.78. The molecule has 1 saturated heterocycles. The summed E-state index contributed by atoms with van der Waals surface area (Å²) in [6.07, 6.45) is 4.22. The van der Waals surface area contributed by atoms with Crippen LogP contribution < -0.4 is 5.32 Å². The van der Waals surface area contributed by atoms with Gasteiger partial charge in [0.1, 0.15) is 0 Å². The summed E-state index contributed by atoms with van der Waals surface area (Å²) in [7, 11) is -2.82. The SMILES string of the molecule is O=S1(=O)CCC(CN=C(NC2CC2)N2CCc3ccccc3C2)C1. The van der Waals surface area contributed by atoms with Gasteiger partial charge >= 0.3 is 0 Å². The van der Waals surface area contributed by atoms with Crippen molar-refractivity contribution >= 4 is 15.8 Å². The van der Waals surface area contributed by atoms with Crippen molar-refractivity contribution in [1.82, 2.24) is 10.2 Å². The minimum Gasteiger partial charge on any atom is -0.353 e. The molecule has 2 heterocycles. The molecular formula is C18H25N3O2S. The Labute approximate surface area is 144 Å². The Morgan fingerprint density at radius 1 is 1.21 bits per heavy atom. The van der Waals surface area contributed by atoms with Crippen molar-refractivity contribution in [3.8, 4) is 0 Å². The van der Waals surface area contributed by atoms with Crippen molar-refractivity contribution in [3.63, 3.8) is 0 Å². The van der Waals surface area contributed by atoms with Gasteiger partial charge in [-0.05, 0) is 42.7 Å². The van der Waals surface area contributed by atoms with Crippen LogP contribution in [0, 0.1) is 5.92 Å². The summed E-state index contributed by atoms with van der Waals surface area (Å²) >= 11 is 0. The van der Waals surface area contributed by atoms with Crippen LogP contribution in [0.1, 0.15) is 30.4 Å². The molecule has 130 valence electrons. The second-order valence-corrected chi connectivity index (χ2v) is 9.52. The lowest BCUT2D eigenvalue weighted by atomic mass is 10.0. The maximum atomic E-state index is 11.6. The topological polar surface area (TPSA) is 61.8 Å². The fourth-order valence-corrected chi connectivity index (χ4v) is 5.40. The lowest BCUT2D eigenvalue weighted by molar-refractivity contribution is 0.376. The lowest BCUT2D eigenvalue weighted by Crippen LogP contribution is -2.45. The number of benzene rings is 1. The van der Waals surface area contributed by atoms with E-state index in [1.54, 1.807) is 0 Å². The van der Waals surface area contributed by atoms with Crippen molar-refractivity contribution in [3.05, 3.63) is 35.4 Å². The number of hydrogen-bond acceptors (Lipinski definition) is 3. The zero-order chi connectivity index (χ0) is 16.6. The summed E-state index contributed by atoms with van der Waals surface area (Å²) in [6, 6.07) is 9.15. The largest absolute Gasteiger partial charge is 0.353 e. The smallest absolute Gasteiger partial charge is 0.194 e. The maximum absolute atomic E-state index is 11.6. The molecule has 0 radical (unpaired) electrons. The van der Waals surface area contributed by atoms with Crippen molar-refractivity contribution < 1.29 is 8.42 Å². The third-order valence-electron chi connectivity index (χ3n) is 5.17. The number of hydrogen-bond donors (Lipinski definition) is 1. The Kier molecular flexibility index (Phi) is 4.24. The molecular weight excluding hydrogens is 322 g/mol. The summed E-state index contributed by atoms with van der Waals surface area (Å²) < 4.78 is 23.3. The first-order valence-electron chi connectivity index (χ1n) is 8.92. The van der Waals surface area contributed by atoms with E-state index in [4.69, 9.17) is 4.99 Å². The van der Waals surface area contributed by atoms with Gasteiger partial charge in [-0.3, -0.25) is 4.99 Å². The number of nitrogens with zero attached hydrogens (tertiary/aromatic N) is 2. The van der Waals surface area contributed by atoms with Crippen LogP contribution in [0.3, 0.4) is 0 Å². The van der Waals surface area contributed by atoms with E-state index in [-0.39, 0.29) is 5.92 Å². The molecule has 1 aliphatic carbocycles. The molecule has 1 unspecified atom stereocenters. The number of aliphatic imine (C=N–C) groups is 1. The van der Waals surface area contributed by atoms with Crippen molar-refractivity contribution in [2.24, 2.45) is 10.9 Å². The van der Waals surface area contributed by atoms with Crippen LogP contribution in [0.15, 0.2) is 29.3 Å². The number of sulfone groups is 1. The predicted molar refractivity (Wildman–Crippen MR) is 95.8 cm³/mol. The van der Waals surface area contributed by atoms with Crippen molar-refractivity contribution in [1.29, 1.82) is 0 Å². The normalized spacial score (nSPS) is 26.2. The first-order valence-corrected chi connectivity index (χ1v) is 10.7. The number of fused-ring (bicyclic) bond motifs is 1. The zero-order valence-electron chi connectivity index (χ0n) is 13.9. The highest BCUT2D eigenvalue weighted by atomic mass is 32.2. The van der Waals surface area contributed by atoms with Gasteiger partial charge in [0.2, 0.25) is 0 Å².